The molecule has 0 amide bonds. The van der Waals surface area contributed by atoms with Crippen LogP contribution in [-0.4, -0.2) is 69.9 Å². The number of hydrogen-bond acceptors (Lipinski definition) is 11. The van der Waals surface area contributed by atoms with Gasteiger partial charge in [-0.2, -0.15) is 9.05 Å². The van der Waals surface area contributed by atoms with Gasteiger partial charge in [-0.25, -0.2) is 14.9 Å². The maximum absolute atomic E-state index is 10.9. The van der Waals surface area contributed by atoms with Crippen molar-refractivity contribution in [2.75, 3.05) is 28.3 Å². The van der Waals surface area contributed by atoms with Gasteiger partial charge in [0.25, 0.3) is 0 Å². The van der Waals surface area contributed by atoms with Crippen molar-refractivity contribution < 1.29 is 23.8 Å². The lowest BCUT2D eigenvalue weighted by Crippen LogP contribution is -2.49. The van der Waals surface area contributed by atoms with E-state index in [1.54, 1.807) is 11.8 Å². The van der Waals surface area contributed by atoms with Crippen molar-refractivity contribution in [2.45, 2.75) is 62.6 Å². The predicted molar refractivity (Wildman–Crippen MR) is 113 cm³/mol. The fourth-order valence-electron chi connectivity index (χ4n) is 3.73. The Morgan fingerprint density at radius 2 is 2.24 bits per heavy atom. The van der Waals surface area contributed by atoms with Crippen molar-refractivity contribution in [3.8, 4) is 0 Å². The number of unbranched alkanes of at least 4 members (excludes halogenated alkanes) is 3. The Bertz CT molecular complexity index is 737. The number of thioether (sulfide) groups is 1. The Morgan fingerprint density at radius 3 is 3.03 bits per heavy atom. The number of nitrogen functional groups attached to an aromatic ring is 1. The second kappa shape index (κ2) is 8.70. The van der Waals surface area contributed by atoms with Crippen LogP contribution in [0.4, 0.5) is 17.3 Å². The molecule has 0 bridgehead atoms. The maximum Gasteiger partial charge on any atom is 0.488 e. The Labute approximate surface area is 175 Å². The van der Waals surface area contributed by atoms with Gasteiger partial charge in [0, 0.05) is 0 Å². The van der Waals surface area contributed by atoms with Crippen LogP contribution in [0.5, 0.6) is 0 Å². The van der Waals surface area contributed by atoms with Gasteiger partial charge in [-0.05, 0) is 12.2 Å². The molecule has 2 fully saturated rings. The van der Waals surface area contributed by atoms with Gasteiger partial charge in [-0.3, -0.25) is 4.90 Å². The number of nitrogens with two attached hydrogens (primary N) is 1. The molecule has 1 aromatic heterocycles. The third-order valence-electron chi connectivity index (χ3n) is 5.18. The van der Waals surface area contributed by atoms with Crippen LogP contribution in [0.1, 0.15) is 32.6 Å². The molecular weight excluding hydrogens is 416 g/mol. The molecule has 6 atom stereocenters. The van der Waals surface area contributed by atoms with Gasteiger partial charge in [0.1, 0.15) is 30.8 Å². The van der Waals surface area contributed by atoms with E-state index in [-0.39, 0.29) is 12.1 Å². The number of anilines is 3. The lowest BCUT2D eigenvalue weighted by atomic mass is 10.1. The highest BCUT2D eigenvalue weighted by atomic mass is 32.2. The highest BCUT2D eigenvalue weighted by Crippen LogP contribution is 2.58. The molecule has 29 heavy (non-hydrogen) atoms. The molecule has 3 aliphatic rings. The molecule has 0 saturated carbocycles. The van der Waals surface area contributed by atoms with E-state index in [0.29, 0.717) is 17.3 Å². The largest absolute Gasteiger partial charge is 0.488 e. The van der Waals surface area contributed by atoms with Crippen LogP contribution in [0.2, 0.25) is 0 Å². The van der Waals surface area contributed by atoms with Gasteiger partial charge >= 0.3 is 15.4 Å². The standard InChI is InChI=1S/C16H26BN5O5PS/c1-2-3-4-5-6-29-16-21-10-13(18)19-8-20-14(10)22(16)15-11(23)12-9(26-15)7-25-28(17,24)27-12/h8-9,11-12,15-16,21,23-24H,2-7H2,1H3,(H2,18,19,20)/q+1/t9?,11?,12-,15?,16?,28?/m1/s1. The molecule has 2 radical (unpaired) electrons. The first-order chi connectivity index (χ1) is 13.9. The first-order valence-electron chi connectivity index (χ1n) is 9.75. The molecule has 5 N–H and O–H groups in total. The minimum absolute atomic E-state index is 0.0495. The maximum atomic E-state index is 10.9. The first-order valence-corrected chi connectivity index (χ1v) is 12.4. The van der Waals surface area contributed by atoms with Gasteiger partial charge < -0.3 is 20.9 Å². The molecule has 0 spiro atoms. The average Bonchev–Trinajstić information content (AvgIpc) is 3.19. The van der Waals surface area contributed by atoms with Gasteiger partial charge in [0.05, 0.1) is 0 Å². The fraction of sp³-hybridized carbons (Fsp3) is 0.750. The third-order valence-corrected chi connectivity index (χ3v) is 7.42. The summed E-state index contributed by atoms with van der Waals surface area (Å²) in [5.74, 6) is 1.82. The van der Waals surface area contributed by atoms with Crippen molar-refractivity contribution >= 4 is 44.5 Å². The Kier molecular flexibility index (Phi) is 6.41. The molecule has 10 nitrogen and oxygen atoms in total. The van der Waals surface area contributed by atoms with E-state index in [4.69, 9.17) is 27.1 Å². The number of hydrogen-bond donors (Lipinski definition) is 4. The van der Waals surface area contributed by atoms with Crippen molar-refractivity contribution in [3.05, 3.63) is 6.33 Å². The third kappa shape index (κ3) is 4.30. The SMILES string of the molecule is [B][P+]1(O)OCC2OC(N3c4ncnc(N)c4NC3SCCCCCC)C(O)[C@@H]2O1. The van der Waals surface area contributed by atoms with Crippen molar-refractivity contribution in [1.82, 2.24) is 9.97 Å². The molecule has 4 rings (SSSR count). The highest BCUT2D eigenvalue weighted by molar-refractivity contribution is 8.00. The monoisotopic (exact) mass is 442 g/mol. The van der Waals surface area contributed by atoms with Crippen LogP contribution < -0.4 is 16.0 Å². The van der Waals surface area contributed by atoms with Crippen LogP contribution >= 0.6 is 19.6 Å². The van der Waals surface area contributed by atoms with E-state index >= 15 is 0 Å². The van der Waals surface area contributed by atoms with E-state index in [9.17, 15) is 10.00 Å². The molecule has 4 heterocycles. The summed E-state index contributed by atoms with van der Waals surface area (Å²) >= 11 is 1.69. The van der Waals surface area contributed by atoms with E-state index < -0.39 is 32.4 Å². The fourth-order valence-corrected chi connectivity index (χ4v) is 5.93. The minimum Gasteiger partial charge on any atom is -0.385 e. The van der Waals surface area contributed by atoms with E-state index in [1.807, 2.05) is 4.90 Å². The summed E-state index contributed by atoms with van der Waals surface area (Å²) in [5, 5.41) is 14.3. The molecule has 158 valence electrons. The Hall–Kier alpha value is -0.875. The zero-order chi connectivity index (χ0) is 20.6. The molecule has 3 aliphatic heterocycles. The molecule has 5 unspecified atom stereocenters. The number of fused-ring (bicyclic) bond motifs is 2. The molecule has 13 heteroatoms. The van der Waals surface area contributed by atoms with Gasteiger partial charge in [0.2, 0.25) is 0 Å². The summed E-state index contributed by atoms with van der Waals surface area (Å²) in [6.45, 7) is 2.23. The predicted octanol–water partition coefficient (Wildman–Crippen LogP) is 1.23. The highest BCUT2D eigenvalue weighted by Gasteiger charge is 2.59. The number of nitrogens with one attached hydrogen (secondary N) is 1. The first kappa shape index (κ1) is 21.4. The normalized spacial score (nSPS) is 36.0. The second-order valence-corrected chi connectivity index (χ2v) is 10.1. The number of nitrogens with zero attached hydrogens (tertiary/aromatic N) is 3. The summed E-state index contributed by atoms with van der Waals surface area (Å²) in [6.07, 6.45) is 2.89. The van der Waals surface area contributed by atoms with Gasteiger partial charge in [-0.1, -0.05) is 26.2 Å². The zero-order valence-electron chi connectivity index (χ0n) is 16.2. The van der Waals surface area contributed by atoms with E-state index in [0.717, 1.165) is 12.2 Å². The van der Waals surface area contributed by atoms with Crippen LogP contribution in [0.25, 0.3) is 0 Å². The minimum atomic E-state index is -3.44. The number of aliphatic hydroxyl groups is 1. The Morgan fingerprint density at radius 1 is 1.41 bits per heavy atom. The van der Waals surface area contributed by atoms with E-state index in [1.165, 1.54) is 25.6 Å². The quantitative estimate of drug-likeness (QED) is 0.276. The van der Waals surface area contributed by atoms with Crippen molar-refractivity contribution in [2.24, 2.45) is 0 Å². The van der Waals surface area contributed by atoms with Crippen LogP contribution in [-0.2, 0) is 13.8 Å². The molecular formula is C16H26BN5O5PS+. The smallest absolute Gasteiger partial charge is 0.385 e. The molecule has 2 saturated heterocycles. The number of aromatic nitrogens is 2. The zero-order valence-corrected chi connectivity index (χ0v) is 17.9. The van der Waals surface area contributed by atoms with Crippen molar-refractivity contribution in [3.63, 3.8) is 0 Å². The second-order valence-electron chi connectivity index (χ2n) is 7.28. The number of ether oxygens (including phenoxy) is 1. The van der Waals surface area contributed by atoms with Crippen molar-refractivity contribution in [1.29, 1.82) is 0 Å². The van der Waals surface area contributed by atoms with Crippen LogP contribution in [0.15, 0.2) is 6.33 Å². The summed E-state index contributed by atoms with van der Waals surface area (Å²) < 4.78 is 16.6. The number of rotatable bonds is 7. The lowest BCUT2D eigenvalue weighted by Gasteiger charge is -2.32. The summed E-state index contributed by atoms with van der Waals surface area (Å²) in [6, 6.07) is 0. The average molecular weight is 442 g/mol. The van der Waals surface area contributed by atoms with Crippen LogP contribution in [0.3, 0.4) is 0 Å². The summed E-state index contributed by atoms with van der Waals surface area (Å²) in [4.78, 5) is 20.2. The lowest BCUT2D eigenvalue weighted by molar-refractivity contribution is -0.0443. The topological polar surface area (TPSA) is 135 Å². The molecule has 1 aromatic rings. The Balaban J connectivity index is 1.53. The summed E-state index contributed by atoms with van der Waals surface area (Å²) in [5.41, 5.74) is 6.41. The van der Waals surface area contributed by atoms with Crippen LogP contribution in [0, 0.1) is 0 Å². The van der Waals surface area contributed by atoms with E-state index in [2.05, 4.69) is 22.2 Å². The molecule has 0 aliphatic carbocycles. The summed E-state index contributed by atoms with van der Waals surface area (Å²) in [7, 11) is 2.17. The molecule has 0 aromatic carbocycles. The van der Waals surface area contributed by atoms with Gasteiger partial charge in [-0.15, -0.1) is 11.8 Å². The number of aliphatic hydroxyl groups excluding tert-OH is 1. The van der Waals surface area contributed by atoms with Gasteiger partial charge in [0.15, 0.2) is 29.5 Å².